The molecule has 0 aromatic carbocycles. The van der Waals surface area contributed by atoms with E-state index in [4.69, 9.17) is 4.42 Å². The van der Waals surface area contributed by atoms with Crippen LogP contribution in [-0.4, -0.2) is 11.5 Å². The van der Waals surface area contributed by atoms with E-state index in [9.17, 15) is 0 Å². The molecular formula is C13H22N2O. The third-order valence-electron chi connectivity index (χ3n) is 3.36. The van der Waals surface area contributed by atoms with E-state index in [0.717, 1.165) is 37.0 Å². The van der Waals surface area contributed by atoms with Crippen molar-refractivity contribution < 1.29 is 4.42 Å². The molecule has 1 fully saturated rings. The Morgan fingerprint density at radius 3 is 3.00 bits per heavy atom. The van der Waals surface area contributed by atoms with E-state index in [1.807, 2.05) is 6.20 Å². The van der Waals surface area contributed by atoms with E-state index >= 15 is 0 Å². The highest BCUT2D eigenvalue weighted by molar-refractivity contribution is 4.99. The summed E-state index contributed by atoms with van der Waals surface area (Å²) >= 11 is 0. The Hall–Kier alpha value is -0.830. The Bertz CT molecular complexity index is 317. The molecule has 1 saturated carbocycles. The standard InChI is InChI=1S/C13H22N2O/c1-3-7-14-10(2)13-15-9-12(16-13)8-11-5-4-6-11/h9-11,14H,3-8H2,1-2H3. The van der Waals surface area contributed by atoms with Crippen molar-refractivity contribution in [2.75, 3.05) is 6.54 Å². The zero-order valence-electron chi connectivity index (χ0n) is 10.3. The van der Waals surface area contributed by atoms with E-state index in [2.05, 4.69) is 24.1 Å². The third-order valence-corrected chi connectivity index (χ3v) is 3.36. The second kappa shape index (κ2) is 5.48. The molecule has 1 atom stereocenters. The highest BCUT2D eigenvalue weighted by atomic mass is 16.4. The highest BCUT2D eigenvalue weighted by Crippen LogP contribution is 2.30. The van der Waals surface area contributed by atoms with Gasteiger partial charge in [0.05, 0.1) is 12.2 Å². The van der Waals surface area contributed by atoms with Gasteiger partial charge in [0.25, 0.3) is 0 Å². The first-order valence-corrected chi connectivity index (χ1v) is 6.47. The molecule has 1 aliphatic rings. The normalized spacial score (nSPS) is 18.4. The predicted molar refractivity (Wildman–Crippen MR) is 64.3 cm³/mol. The molecule has 0 aliphatic heterocycles. The van der Waals surface area contributed by atoms with Gasteiger partial charge in [0.1, 0.15) is 5.76 Å². The van der Waals surface area contributed by atoms with Gasteiger partial charge in [0.2, 0.25) is 5.89 Å². The molecule has 2 rings (SSSR count). The van der Waals surface area contributed by atoms with Crippen LogP contribution in [0.5, 0.6) is 0 Å². The van der Waals surface area contributed by atoms with Gasteiger partial charge in [-0.3, -0.25) is 0 Å². The quantitative estimate of drug-likeness (QED) is 0.803. The van der Waals surface area contributed by atoms with Crippen LogP contribution in [0, 0.1) is 5.92 Å². The van der Waals surface area contributed by atoms with E-state index in [0.29, 0.717) is 0 Å². The maximum Gasteiger partial charge on any atom is 0.211 e. The number of hydrogen-bond acceptors (Lipinski definition) is 3. The molecule has 3 nitrogen and oxygen atoms in total. The minimum absolute atomic E-state index is 0.232. The Kier molecular flexibility index (Phi) is 3.99. The van der Waals surface area contributed by atoms with Gasteiger partial charge in [0.15, 0.2) is 0 Å². The van der Waals surface area contributed by atoms with Gasteiger partial charge in [-0.1, -0.05) is 26.2 Å². The lowest BCUT2D eigenvalue weighted by Crippen LogP contribution is -2.19. The predicted octanol–water partition coefficient (Wildman–Crippen LogP) is 3.08. The smallest absolute Gasteiger partial charge is 0.211 e. The summed E-state index contributed by atoms with van der Waals surface area (Å²) in [6, 6.07) is 0.232. The average Bonchev–Trinajstić information content (AvgIpc) is 2.68. The molecule has 0 bridgehead atoms. The third kappa shape index (κ3) is 2.85. The van der Waals surface area contributed by atoms with Crippen molar-refractivity contribution in [3.63, 3.8) is 0 Å². The first kappa shape index (κ1) is 11.6. The summed E-state index contributed by atoms with van der Waals surface area (Å²) in [5.74, 6) is 2.74. The summed E-state index contributed by atoms with van der Waals surface area (Å²) in [6.45, 7) is 5.29. The van der Waals surface area contributed by atoms with Crippen molar-refractivity contribution in [2.24, 2.45) is 5.92 Å². The fourth-order valence-corrected chi connectivity index (χ4v) is 2.05. The van der Waals surface area contributed by atoms with Gasteiger partial charge in [0, 0.05) is 6.42 Å². The van der Waals surface area contributed by atoms with Crippen LogP contribution in [-0.2, 0) is 6.42 Å². The summed E-state index contributed by atoms with van der Waals surface area (Å²) in [6.07, 6.45) is 8.23. The van der Waals surface area contributed by atoms with Gasteiger partial charge in [-0.15, -0.1) is 0 Å². The van der Waals surface area contributed by atoms with Crippen molar-refractivity contribution in [1.82, 2.24) is 10.3 Å². The van der Waals surface area contributed by atoms with Crippen LogP contribution in [0.1, 0.15) is 57.2 Å². The first-order valence-electron chi connectivity index (χ1n) is 6.47. The molecule has 3 heteroatoms. The topological polar surface area (TPSA) is 38.1 Å². The number of aromatic nitrogens is 1. The number of nitrogens with one attached hydrogen (secondary N) is 1. The fraction of sp³-hybridized carbons (Fsp3) is 0.769. The Morgan fingerprint density at radius 1 is 1.56 bits per heavy atom. The van der Waals surface area contributed by atoms with Gasteiger partial charge >= 0.3 is 0 Å². The Labute approximate surface area is 97.6 Å². The SMILES string of the molecule is CCCNC(C)c1ncc(CC2CCC2)o1. The van der Waals surface area contributed by atoms with Crippen molar-refractivity contribution in [1.29, 1.82) is 0 Å². The Morgan fingerprint density at radius 2 is 2.38 bits per heavy atom. The fourth-order valence-electron chi connectivity index (χ4n) is 2.05. The molecule has 0 radical (unpaired) electrons. The van der Waals surface area contributed by atoms with Crippen LogP contribution in [0.3, 0.4) is 0 Å². The van der Waals surface area contributed by atoms with Gasteiger partial charge < -0.3 is 9.73 Å². The van der Waals surface area contributed by atoms with Crippen LogP contribution in [0.15, 0.2) is 10.6 Å². The summed E-state index contributed by atoms with van der Waals surface area (Å²) in [5, 5.41) is 3.39. The minimum atomic E-state index is 0.232. The van der Waals surface area contributed by atoms with E-state index in [1.165, 1.54) is 19.3 Å². The molecule has 1 N–H and O–H groups in total. The van der Waals surface area contributed by atoms with E-state index in [1.54, 1.807) is 0 Å². The zero-order chi connectivity index (χ0) is 11.4. The van der Waals surface area contributed by atoms with Crippen LogP contribution in [0.25, 0.3) is 0 Å². The average molecular weight is 222 g/mol. The molecule has 1 heterocycles. The van der Waals surface area contributed by atoms with Crippen molar-refractivity contribution in [3.8, 4) is 0 Å². The molecule has 90 valence electrons. The molecule has 16 heavy (non-hydrogen) atoms. The highest BCUT2D eigenvalue weighted by Gasteiger charge is 2.20. The van der Waals surface area contributed by atoms with Crippen LogP contribution < -0.4 is 5.32 Å². The monoisotopic (exact) mass is 222 g/mol. The van der Waals surface area contributed by atoms with Crippen LogP contribution in [0.4, 0.5) is 0 Å². The van der Waals surface area contributed by atoms with Crippen molar-refractivity contribution >= 4 is 0 Å². The summed E-state index contributed by atoms with van der Waals surface area (Å²) in [7, 11) is 0. The molecule has 1 aliphatic carbocycles. The number of hydrogen-bond donors (Lipinski definition) is 1. The van der Waals surface area contributed by atoms with Crippen LogP contribution >= 0.6 is 0 Å². The molecule has 0 amide bonds. The van der Waals surface area contributed by atoms with Gasteiger partial charge in [-0.25, -0.2) is 4.98 Å². The largest absolute Gasteiger partial charge is 0.444 e. The lowest BCUT2D eigenvalue weighted by Gasteiger charge is -2.23. The molecule has 1 unspecified atom stereocenters. The lowest BCUT2D eigenvalue weighted by molar-refractivity contribution is 0.287. The number of rotatable bonds is 6. The maximum atomic E-state index is 5.78. The molecular weight excluding hydrogens is 200 g/mol. The molecule has 0 spiro atoms. The molecule has 0 saturated heterocycles. The first-order chi connectivity index (χ1) is 7.79. The van der Waals surface area contributed by atoms with E-state index in [-0.39, 0.29) is 6.04 Å². The second-order valence-corrected chi connectivity index (χ2v) is 4.84. The number of oxazole rings is 1. The lowest BCUT2D eigenvalue weighted by atomic mass is 9.82. The van der Waals surface area contributed by atoms with E-state index < -0.39 is 0 Å². The number of nitrogens with zero attached hydrogens (tertiary/aromatic N) is 1. The minimum Gasteiger partial charge on any atom is -0.444 e. The summed E-state index contributed by atoms with van der Waals surface area (Å²) < 4.78 is 5.78. The van der Waals surface area contributed by atoms with Gasteiger partial charge in [-0.05, 0) is 25.8 Å². The second-order valence-electron chi connectivity index (χ2n) is 4.84. The maximum absolute atomic E-state index is 5.78. The summed E-state index contributed by atoms with van der Waals surface area (Å²) in [5.41, 5.74) is 0. The zero-order valence-corrected chi connectivity index (χ0v) is 10.3. The molecule has 1 aromatic rings. The summed E-state index contributed by atoms with van der Waals surface area (Å²) in [4.78, 5) is 4.35. The Balaban J connectivity index is 1.85. The van der Waals surface area contributed by atoms with Crippen molar-refractivity contribution in [2.45, 2.75) is 52.0 Å². The van der Waals surface area contributed by atoms with Gasteiger partial charge in [-0.2, -0.15) is 0 Å². The van der Waals surface area contributed by atoms with Crippen LogP contribution in [0.2, 0.25) is 0 Å². The molecule has 1 aromatic heterocycles. The van der Waals surface area contributed by atoms with Crippen molar-refractivity contribution in [3.05, 3.63) is 17.8 Å².